The predicted molar refractivity (Wildman–Crippen MR) is 71.3 cm³/mol. The third-order valence-corrected chi connectivity index (χ3v) is 2.32. The lowest BCUT2D eigenvalue weighted by Crippen LogP contribution is -2.32. The minimum absolute atomic E-state index is 0.0619. The van der Waals surface area contributed by atoms with Crippen molar-refractivity contribution in [1.82, 2.24) is 5.32 Å². The van der Waals surface area contributed by atoms with Crippen LogP contribution in [0.15, 0.2) is 29.4 Å². The number of hydrogen-bond acceptors (Lipinski definition) is 5. The molecule has 0 aliphatic carbocycles. The van der Waals surface area contributed by atoms with E-state index in [1.165, 1.54) is 0 Å². The maximum Gasteiger partial charge on any atom is 0.257 e. The number of nitrogens with zero attached hydrogens (tertiary/aromatic N) is 1. The smallest absolute Gasteiger partial charge is 0.257 e. The van der Waals surface area contributed by atoms with Gasteiger partial charge in [-0.05, 0) is 12.1 Å². The van der Waals surface area contributed by atoms with Crippen LogP contribution in [0.2, 0.25) is 0 Å². The van der Waals surface area contributed by atoms with Gasteiger partial charge in [-0.3, -0.25) is 9.59 Å². The van der Waals surface area contributed by atoms with E-state index in [1.807, 2.05) is 0 Å². The Kier molecular flexibility index (Phi) is 5.82. The first kappa shape index (κ1) is 15.3. The van der Waals surface area contributed by atoms with Crippen molar-refractivity contribution in [1.29, 1.82) is 0 Å². The van der Waals surface area contributed by atoms with Crippen LogP contribution in [0.4, 0.5) is 0 Å². The minimum atomic E-state index is -0.497. The van der Waals surface area contributed by atoms with Gasteiger partial charge >= 0.3 is 0 Å². The molecule has 108 valence electrons. The van der Waals surface area contributed by atoms with Crippen molar-refractivity contribution < 1.29 is 19.5 Å². The standard InChI is InChI=1S/C12H16N4O4/c13-10(17)5-6-15-11(18)7-20-9-4-2-1-3-8(9)12(14)16-19/h1-4,19H,5-7H2,(H2,13,17)(H2,14,16)(H,15,18). The van der Waals surface area contributed by atoms with Crippen molar-refractivity contribution >= 4 is 17.6 Å². The molecule has 0 bridgehead atoms. The molecule has 0 aliphatic rings. The van der Waals surface area contributed by atoms with E-state index in [-0.39, 0.29) is 25.4 Å². The number of para-hydroxylation sites is 1. The molecule has 0 heterocycles. The first-order chi connectivity index (χ1) is 9.54. The lowest BCUT2D eigenvalue weighted by atomic mass is 10.2. The Morgan fingerprint density at radius 1 is 1.30 bits per heavy atom. The fraction of sp³-hybridized carbons (Fsp3) is 0.250. The number of nitrogens with one attached hydrogen (secondary N) is 1. The zero-order chi connectivity index (χ0) is 15.0. The fourth-order valence-corrected chi connectivity index (χ4v) is 1.38. The first-order valence-electron chi connectivity index (χ1n) is 5.79. The third kappa shape index (κ3) is 4.84. The second-order valence-electron chi connectivity index (χ2n) is 3.84. The second kappa shape index (κ2) is 7.62. The molecule has 0 aromatic heterocycles. The molecule has 0 atom stereocenters. The minimum Gasteiger partial charge on any atom is -0.483 e. The molecule has 0 saturated heterocycles. The van der Waals surface area contributed by atoms with E-state index in [0.29, 0.717) is 11.3 Å². The average Bonchev–Trinajstić information content (AvgIpc) is 2.44. The molecule has 2 amide bonds. The number of hydrogen-bond donors (Lipinski definition) is 4. The van der Waals surface area contributed by atoms with E-state index in [9.17, 15) is 9.59 Å². The lowest BCUT2D eigenvalue weighted by Gasteiger charge is -2.10. The summed E-state index contributed by atoms with van der Waals surface area (Å²) in [6, 6.07) is 6.56. The number of carbonyl (C=O) groups is 2. The lowest BCUT2D eigenvalue weighted by molar-refractivity contribution is -0.123. The van der Waals surface area contributed by atoms with Gasteiger partial charge in [-0.2, -0.15) is 0 Å². The summed E-state index contributed by atoms with van der Waals surface area (Å²) < 4.78 is 5.28. The SMILES string of the molecule is NC(=O)CCNC(=O)COc1ccccc1/C(N)=N/O. The number of primary amides is 1. The molecule has 0 fully saturated rings. The van der Waals surface area contributed by atoms with E-state index in [1.54, 1.807) is 24.3 Å². The number of ether oxygens (including phenoxy) is 1. The van der Waals surface area contributed by atoms with Crippen molar-refractivity contribution in [2.75, 3.05) is 13.2 Å². The molecule has 0 saturated carbocycles. The highest BCUT2D eigenvalue weighted by Gasteiger charge is 2.09. The van der Waals surface area contributed by atoms with Crippen LogP contribution in [-0.2, 0) is 9.59 Å². The maximum absolute atomic E-state index is 11.4. The highest BCUT2D eigenvalue weighted by Crippen LogP contribution is 2.17. The summed E-state index contributed by atoms with van der Waals surface area (Å²) in [6.07, 6.45) is 0.0619. The number of carbonyl (C=O) groups excluding carboxylic acids is 2. The molecular weight excluding hydrogens is 264 g/mol. The first-order valence-corrected chi connectivity index (χ1v) is 5.79. The number of amides is 2. The number of rotatable bonds is 7. The zero-order valence-corrected chi connectivity index (χ0v) is 10.7. The van der Waals surface area contributed by atoms with Crippen LogP contribution < -0.4 is 21.5 Å². The Morgan fingerprint density at radius 3 is 2.65 bits per heavy atom. The van der Waals surface area contributed by atoms with Crippen LogP contribution in [-0.4, -0.2) is 36.0 Å². The third-order valence-electron chi connectivity index (χ3n) is 2.32. The van der Waals surface area contributed by atoms with Gasteiger partial charge in [-0.25, -0.2) is 0 Å². The quantitative estimate of drug-likeness (QED) is 0.223. The topological polar surface area (TPSA) is 140 Å². The van der Waals surface area contributed by atoms with Gasteiger partial charge in [-0.15, -0.1) is 0 Å². The predicted octanol–water partition coefficient (Wildman–Crippen LogP) is -0.848. The Morgan fingerprint density at radius 2 is 2.00 bits per heavy atom. The summed E-state index contributed by atoms with van der Waals surface area (Å²) in [5, 5.41) is 14.0. The molecule has 6 N–H and O–H groups in total. The highest BCUT2D eigenvalue weighted by molar-refractivity contribution is 5.99. The van der Waals surface area contributed by atoms with Crippen molar-refractivity contribution in [2.24, 2.45) is 16.6 Å². The summed E-state index contributed by atoms with van der Waals surface area (Å²) in [5.74, 6) is -0.702. The van der Waals surface area contributed by atoms with Gasteiger partial charge in [0.25, 0.3) is 5.91 Å². The van der Waals surface area contributed by atoms with Gasteiger partial charge < -0.3 is 26.7 Å². The molecule has 20 heavy (non-hydrogen) atoms. The molecule has 8 nitrogen and oxygen atoms in total. The molecule has 0 radical (unpaired) electrons. The van der Waals surface area contributed by atoms with Gasteiger partial charge in [-0.1, -0.05) is 17.3 Å². The Balaban J connectivity index is 2.53. The van der Waals surface area contributed by atoms with Crippen LogP contribution in [0.1, 0.15) is 12.0 Å². The molecule has 1 aromatic carbocycles. The van der Waals surface area contributed by atoms with Crippen molar-refractivity contribution in [3.05, 3.63) is 29.8 Å². The number of benzene rings is 1. The number of oxime groups is 1. The number of nitrogens with two attached hydrogens (primary N) is 2. The van der Waals surface area contributed by atoms with Crippen molar-refractivity contribution in [3.8, 4) is 5.75 Å². The van der Waals surface area contributed by atoms with Gasteiger partial charge in [0.1, 0.15) is 5.75 Å². The van der Waals surface area contributed by atoms with Gasteiger partial charge in [0.2, 0.25) is 5.91 Å². The monoisotopic (exact) mass is 280 g/mol. The fourth-order valence-electron chi connectivity index (χ4n) is 1.38. The van der Waals surface area contributed by atoms with Crippen LogP contribution in [0.5, 0.6) is 5.75 Å². The summed E-state index contributed by atoms with van der Waals surface area (Å²) in [4.78, 5) is 22.0. The van der Waals surface area contributed by atoms with Crippen LogP contribution in [0.3, 0.4) is 0 Å². The molecule has 1 rings (SSSR count). The van der Waals surface area contributed by atoms with Crippen molar-refractivity contribution in [2.45, 2.75) is 6.42 Å². The summed E-state index contributed by atoms with van der Waals surface area (Å²) in [7, 11) is 0. The molecule has 0 aliphatic heterocycles. The normalized spacial score (nSPS) is 10.9. The maximum atomic E-state index is 11.4. The van der Waals surface area contributed by atoms with E-state index >= 15 is 0 Å². The van der Waals surface area contributed by atoms with Crippen molar-refractivity contribution in [3.63, 3.8) is 0 Å². The Bertz CT molecular complexity index is 516. The molecule has 8 heteroatoms. The summed E-state index contributed by atoms with van der Waals surface area (Å²) in [5.41, 5.74) is 10.8. The highest BCUT2D eigenvalue weighted by atomic mass is 16.5. The van der Waals surface area contributed by atoms with E-state index in [0.717, 1.165) is 0 Å². The van der Waals surface area contributed by atoms with Gasteiger partial charge in [0.05, 0.1) is 5.56 Å². The summed E-state index contributed by atoms with van der Waals surface area (Å²) >= 11 is 0. The molecule has 0 unspecified atom stereocenters. The molecular formula is C12H16N4O4. The second-order valence-corrected chi connectivity index (χ2v) is 3.84. The molecule has 1 aromatic rings. The zero-order valence-electron chi connectivity index (χ0n) is 10.7. The van der Waals surface area contributed by atoms with E-state index < -0.39 is 11.8 Å². The van der Waals surface area contributed by atoms with Crippen LogP contribution in [0, 0.1) is 0 Å². The van der Waals surface area contributed by atoms with Crippen LogP contribution in [0.25, 0.3) is 0 Å². The largest absolute Gasteiger partial charge is 0.483 e. The Labute approximate surface area is 115 Å². The van der Waals surface area contributed by atoms with E-state index in [4.69, 9.17) is 21.4 Å². The Hall–Kier alpha value is -2.77. The average molecular weight is 280 g/mol. The van der Waals surface area contributed by atoms with E-state index in [2.05, 4.69) is 10.5 Å². The van der Waals surface area contributed by atoms with Gasteiger partial charge in [0, 0.05) is 13.0 Å². The van der Waals surface area contributed by atoms with Crippen LogP contribution >= 0.6 is 0 Å². The van der Waals surface area contributed by atoms with Gasteiger partial charge in [0.15, 0.2) is 12.4 Å². The number of amidine groups is 1. The summed E-state index contributed by atoms with van der Waals surface area (Å²) in [6.45, 7) is -0.103. The molecule has 0 spiro atoms.